The van der Waals surface area contributed by atoms with Crippen LogP contribution in [0.25, 0.3) is 0 Å². The molecule has 0 bridgehead atoms. The average Bonchev–Trinajstić information content (AvgIpc) is 2.34. The molecular formula is C12H17NO4. The quantitative estimate of drug-likeness (QED) is 0.748. The molecule has 1 aromatic carbocycles. The fourth-order valence-electron chi connectivity index (χ4n) is 1.26. The van der Waals surface area contributed by atoms with Gasteiger partial charge in [-0.15, -0.1) is 0 Å². The van der Waals surface area contributed by atoms with E-state index in [-0.39, 0.29) is 0 Å². The number of carbonyl (C=O) groups is 1. The summed E-state index contributed by atoms with van der Waals surface area (Å²) in [4.78, 5) is 10.8. The fourth-order valence-corrected chi connectivity index (χ4v) is 1.26. The van der Waals surface area contributed by atoms with Gasteiger partial charge in [0.05, 0.1) is 0 Å². The van der Waals surface area contributed by atoms with Crippen molar-refractivity contribution in [3.63, 3.8) is 0 Å². The van der Waals surface area contributed by atoms with Gasteiger partial charge in [0.15, 0.2) is 6.10 Å². The number of hydrogen-bond acceptors (Lipinski definition) is 4. The minimum atomic E-state index is -0.962. The summed E-state index contributed by atoms with van der Waals surface area (Å²) in [6.07, 6.45) is -0.397. The minimum Gasteiger partial charge on any atom is -0.492 e. The van der Waals surface area contributed by atoms with E-state index in [1.807, 2.05) is 0 Å². The van der Waals surface area contributed by atoms with Gasteiger partial charge in [-0.1, -0.05) is 6.92 Å². The Balaban J connectivity index is 2.58. The third-order valence-corrected chi connectivity index (χ3v) is 2.13. The summed E-state index contributed by atoms with van der Waals surface area (Å²) >= 11 is 0. The van der Waals surface area contributed by atoms with Crippen molar-refractivity contribution in [3.8, 4) is 11.5 Å². The first-order chi connectivity index (χ1) is 8.17. The van der Waals surface area contributed by atoms with Crippen molar-refractivity contribution >= 4 is 5.97 Å². The monoisotopic (exact) mass is 239 g/mol. The minimum absolute atomic E-state index is 0.417. The molecular weight excluding hydrogens is 222 g/mol. The molecule has 0 aliphatic rings. The second-order valence-electron chi connectivity index (χ2n) is 3.46. The molecule has 0 aliphatic carbocycles. The molecule has 0 radical (unpaired) electrons. The fraction of sp³-hybridized carbons (Fsp3) is 0.417. The van der Waals surface area contributed by atoms with Crippen molar-refractivity contribution in [2.45, 2.75) is 19.4 Å². The molecule has 5 heteroatoms. The Labute approximate surface area is 100 Å². The van der Waals surface area contributed by atoms with E-state index in [0.717, 1.165) is 0 Å². The van der Waals surface area contributed by atoms with Crippen LogP contribution >= 0.6 is 0 Å². The van der Waals surface area contributed by atoms with Gasteiger partial charge in [-0.05, 0) is 30.7 Å². The Kier molecular flexibility index (Phi) is 5.29. The highest BCUT2D eigenvalue weighted by molar-refractivity contribution is 5.72. The van der Waals surface area contributed by atoms with Gasteiger partial charge >= 0.3 is 5.97 Å². The third-order valence-electron chi connectivity index (χ3n) is 2.13. The molecule has 0 spiro atoms. The smallest absolute Gasteiger partial charge is 0.344 e. The number of ether oxygens (including phenoxy) is 2. The number of rotatable bonds is 7. The van der Waals surface area contributed by atoms with Gasteiger partial charge in [0.2, 0.25) is 0 Å². The Morgan fingerprint density at radius 2 is 1.94 bits per heavy atom. The van der Waals surface area contributed by atoms with Crippen LogP contribution in [0.3, 0.4) is 0 Å². The van der Waals surface area contributed by atoms with Crippen LogP contribution in [-0.4, -0.2) is 30.3 Å². The first-order valence-electron chi connectivity index (χ1n) is 5.49. The van der Waals surface area contributed by atoms with Gasteiger partial charge in [0.1, 0.15) is 18.1 Å². The zero-order valence-electron chi connectivity index (χ0n) is 9.76. The summed E-state index contributed by atoms with van der Waals surface area (Å²) in [7, 11) is 0. The predicted molar refractivity (Wildman–Crippen MR) is 63.3 cm³/mol. The second-order valence-corrected chi connectivity index (χ2v) is 3.46. The van der Waals surface area contributed by atoms with E-state index in [4.69, 9.17) is 20.3 Å². The Morgan fingerprint density at radius 3 is 2.41 bits per heavy atom. The molecule has 0 saturated heterocycles. The molecule has 0 aliphatic heterocycles. The highest BCUT2D eigenvalue weighted by Crippen LogP contribution is 2.19. The lowest BCUT2D eigenvalue weighted by Crippen LogP contribution is -2.25. The summed E-state index contributed by atoms with van der Waals surface area (Å²) in [6, 6.07) is 6.80. The lowest BCUT2D eigenvalue weighted by Gasteiger charge is -2.13. The first kappa shape index (κ1) is 13.3. The Hall–Kier alpha value is -1.75. The molecule has 1 atom stereocenters. The lowest BCUT2D eigenvalue weighted by molar-refractivity contribution is -0.145. The number of hydrogen-bond donors (Lipinski definition) is 2. The largest absolute Gasteiger partial charge is 0.492 e. The average molecular weight is 239 g/mol. The summed E-state index contributed by atoms with van der Waals surface area (Å²) < 4.78 is 10.6. The highest BCUT2D eigenvalue weighted by atomic mass is 16.5. The van der Waals surface area contributed by atoms with Crippen LogP contribution in [-0.2, 0) is 4.79 Å². The molecule has 1 rings (SSSR count). The van der Waals surface area contributed by atoms with Crippen LogP contribution in [0.4, 0.5) is 0 Å². The molecule has 1 unspecified atom stereocenters. The van der Waals surface area contributed by atoms with E-state index in [1.54, 1.807) is 31.2 Å². The van der Waals surface area contributed by atoms with Crippen molar-refractivity contribution in [2.75, 3.05) is 13.2 Å². The number of carboxylic acids is 1. The third kappa shape index (κ3) is 4.32. The summed E-state index contributed by atoms with van der Waals surface area (Å²) in [5.41, 5.74) is 5.31. The van der Waals surface area contributed by atoms with E-state index < -0.39 is 12.1 Å². The van der Waals surface area contributed by atoms with Crippen LogP contribution in [0.2, 0.25) is 0 Å². The zero-order chi connectivity index (χ0) is 12.7. The van der Waals surface area contributed by atoms with Gasteiger partial charge in [-0.2, -0.15) is 0 Å². The van der Waals surface area contributed by atoms with Crippen molar-refractivity contribution < 1.29 is 19.4 Å². The Morgan fingerprint density at radius 1 is 1.35 bits per heavy atom. The van der Waals surface area contributed by atoms with Crippen LogP contribution in [0.15, 0.2) is 24.3 Å². The molecule has 1 aromatic rings. The van der Waals surface area contributed by atoms with Gasteiger partial charge in [0, 0.05) is 6.54 Å². The van der Waals surface area contributed by atoms with Crippen molar-refractivity contribution in [1.29, 1.82) is 0 Å². The van der Waals surface area contributed by atoms with Gasteiger partial charge in [-0.25, -0.2) is 4.79 Å². The topological polar surface area (TPSA) is 81.8 Å². The van der Waals surface area contributed by atoms with E-state index in [2.05, 4.69) is 0 Å². The highest BCUT2D eigenvalue weighted by Gasteiger charge is 2.16. The first-order valence-corrected chi connectivity index (χ1v) is 5.49. The van der Waals surface area contributed by atoms with Crippen LogP contribution in [0.1, 0.15) is 13.3 Å². The molecule has 5 nitrogen and oxygen atoms in total. The van der Waals surface area contributed by atoms with Crippen molar-refractivity contribution in [1.82, 2.24) is 0 Å². The lowest BCUT2D eigenvalue weighted by atomic mass is 10.2. The molecule has 0 amide bonds. The number of carboxylic acid groups (broad SMARTS) is 1. The summed E-state index contributed by atoms with van der Waals surface area (Å²) in [6.45, 7) is 2.67. The summed E-state index contributed by atoms with van der Waals surface area (Å²) in [5.74, 6) is 0.237. The number of benzene rings is 1. The normalized spacial score (nSPS) is 11.9. The zero-order valence-corrected chi connectivity index (χ0v) is 9.76. The maximum atomic E-state index is 10.8. The van der Waals surface area contributed by atoms with Gasteiger partial charge in [0.25, 0.3) is 0 Å². The molecule has 94 valence electrons. The van der Waals surface area contributed by atoms with E-state index in [1.165, 1.54) is 0 Å². The van der Waals surface area contributed by atoms with E-state index in [9.17, 15) is 4.79 Å². The second kappa shape index (κ2) is 6.75. The van der Waals surface area contributed by atoms with Gasteiger partial charge in [-0.3, -0.25) is 0 Å². The molecule has 0 fully saturated rings. The van der Waals surface area contributed by atoms with Crippen LogP contribution < -0.4 is 15.2 Å². The number of nitrogens with two attached hydrogens (primary N) is 1. The summed E-state index contributed by atoms with van der Waals surface area (Å²) in [5, 5.41) is 8.84. The van der Waals surface area contributed by atoms with Crippen LogP contribution in [0.5, 0.6) is 11.5 Å². The van der Waals surface area contributed by atoms with Gasteiger partial charge < -0.3 is 20.3 Å². The van der Waals surface area contributed by atoms with E-state index >= 15 is 0 Å². The SMILES string of the molecule is CCC(Oc1ccc(OCCN)cc1)C(=O)O. The Bertz CT molecular complexity index is 350. The molecule has 17 heavy (non-hydrogen) atoms. The molecule has 0 saturated carbocycles. The molecule has 3 N–H and O–H groups in total. The molecule has 0 heterocycles. The predicted octanol–water partition coefficient (Wildman–Crippen LogP) is 1.27. The number of aliphatic carboxylic acids is 1. The maximum Gasteiger partial charge on any atom is 0.344 e. The van der Waals surface area contributed by atoms with Crippen molar-refractivity contribution in [2.24, 2.45) is 5.73 Å². The van der Waals surface area contributed by atoms with Crippen molar-refractivity contribution in [3.05, 3.63) is 24.3 Å². The standard InChI is InChI=1S/C12H17NO4/c1-2-11(12(14)15)17-10-5-3-9(4-6-10)16-8-7-13/h3-6,11H,2,7-8,13H2,1H3,(H,14,15). The van der Waals surface area contributed by atoms with E-state index in [0.29, 0.717) is 31.1 Å². The molecule has 0 aromatic heterocycles. The van der Waals surface area contributed by atoms with Crippen LogP contribution in [0, 0.1) is 0 Å². The maximum absolute atomic E-state index is 10.8.